The van der Waals surface area contributed by atoms with Crippen molar-refractivity contribution in [3.05, 3.63) is 29.8 Å². The highest BCUT2D eigenvalue weighted by Gasteiger charge is 2.26. The van der Waals surface area contributed by atoms with E-state index >= 15 is 0 Å². The highest BCUT2D eigenvalue weighted by Crippen LogP contribution is 2.19. The van der Waals surface area contributed by atoms with Gasteiger partial charge in [0.2, 0.25) is 11.8 Å². The van der Waals surface area contributed by atoms with Gasteiger partial charge < -0.3 is 15.4 Å². The maximum absolute atomic E-state index is 12.8. The van der Waals surface area contributed by atoms with E-state index in [9.17, 15) is 18.4 Å². The predicted molar refractivity (Wildman–Crippen MR) is 96.4 cm³/mol. The first-order valence-electron chi connectivity index (χ1n) is 8.69. The molecule has 0 aliphatic carbocycles. The second kappa shape index (κ2) is 10.1. The number of aryl methyl sites for hydroxylation is 1. The summed E-state index contributed by atoms with van der Waals surface area (Å²) in [6, 6.07) is 7.03. The SMILES string of the molecule is COc1ccccc1CCC(=O)NC(C)CC(C)NC(=O)CC(C)(F)F. The number of para-hydroxylation sites is 1. The third-order valence-corrected chi connectivity index (χ3v) is 3.81. The van der Waals surface area contributed by atoms with E-state index < -0.39 is 18.3 Å². The van der Waals surface area contributed by atoms with Gasteiger partial charge >= 0.3 is 0 Å². The third kappa shape index (κ3) is 8.78. The largest absolute Gasteiger partial charge is 0.496 e. The second-order valence-electron chi connectivity index (χ2n) is 6.73. The summed E-state index contributed by atoms with van der Waals surface area (Å²) in [5.41, 5.74) is 0.957. The van der Waals surface area contributed by atoms with Crippen LogP contribution in [0.2, 0.25) is 0 Å². The molecule has 1 rings (SSSR count). The van der Waals surface area contributed by atoms with E-state index in [0.29, 0.717) is 26.2 Å². The van der Waals surface area contributed by atoms with Crippen LogP contribution in [0.25, 0.3) is 0 Å². The number of alkyl halides is 2. The molecular formula is C19H28F2N2O3. The first-order valence-corrected chi connectivity index (χ1v) is 8.69. The predicted octanol–water partition coefficient (Wildman–Crippen LogP) is 3.07. The van der Waals surface area contributed by atoms with Crippen LogP contribution >= 0.6 is 0 Å². The molecule has 0 fully saturated rings. The summed E-state index contributed by atoms with van der Waals surface area (Å²) in [4.78, 5) is 23.6. The van der Waals surface area contributed by atoms with Crippen LogP contribution in [0.4, 0.5) is 8.78 Å². The van der Waals surface area contributed by atoms with Gasteiger partial charge in [-0.3, -0.25) is 9.59 Å². The Morgan fingerprint density at radius 2 is 1.69 bits per heavy atom. The quantitative estimate of drug-likeness (QED) is 0.665. The number of carbonyl (C=O) groups is 2. The van der Waals surface area contributed by atoms with Crippen LogP contribution in [0.1, 0.15) is 45.6 Å². The van der Waals surface area contributed by atoms with Crippen molar-refractivity contribution in [3.8, 4) is 5.75 Å². The molecule has 1 aromatic rings. The van der Waals surface area contributed by atoms with Crippen molar-refractivity contribution in [2.45, 2.75) is 64.5 Å². The van der Waals surface area contributed by atoms with Gasteiger partial charge in [0.15, 0.2) is 0 Å². The van der Waals surface area contributed by atoms with Gasteiger partial charge in [-0.15, -0.1) is 0 Å². The van der Waals surface area contributed by atoms with E-state index in [1.165, 1.54) is 0 Å². The topological polar surface area (TPSA) is 67.4 Å². The molecule has 146 valence electrons. The van der Waals surface area contributed by atoms with Gasteiger partial charge in [0.05, 0.1) is 13.5 Å². The highest BCUT2D eigenvalue weighted by atomic mass is 19.3. The fourth-order valence-corrected chi connectivity index (χ4v) is 2.76. The lowest BCUT2D eigenvalue weighted by Gasteiger charge is -2.20. The maximum Gasteiger partial charge on any atom is 0.254 e. The van der Waals surface area contributed by atoms with Crippen molar-refractivity contribution in [2.24, 2.45) is 0 Å². The Kier molecular flexibility index (Phi) is 8.48. The summed E-state index contributed by atoms with van der Waals surface area (Å²) in [6.45, 7) is 4.25. The van der Waals surface area contributed by atoms with Crippen LogP contribution in [0.3, 0.4) is 0 Å². The minimum Gasteiger partial charge on any atom is -0.496 e. The normalized spacial score (nSPS) is 13.6. The molecule has 26 heavy (non-hydrogen) atoms. The molecule has 0 heterocycles. The average molecular weight is 370 g/mol. The average Bonchev–Trinajstić information content (AvgIpc) is 2.50. The van der Waals surface area contributed by atoms with E-state index in [4.69, 9.17) is 4.74 Å². The number of ether oxygens (including phenoxy) is 1. The second-order valence-corrected chi connectivity index (χ2v) is 6.73. The van der Waals surface area contributed by atoms with Gasteiger partial charge in [0, 0.05) is 18.5 Å². The Labute approximate surface area is 153 Å². The zero-order valence-corrected chi connectivity index (χ0v) is 15.8. The molecular weight excluding hydrogens is 342 g/mol. The number of methoxy groups -OCH3 is 1. The van der Waals surface area contributed by atoms with E-state index in [2.05, 4.69) is 10.6 Å². The molecule has 0 saturated carbocycles. The molecule has 0 saturated heterocycles. The van der Waals surface area contributed by atoms with E-state index in [-0.39, 0.29) is 18.0 Å². The highest BCUT2D eigenvalue weighted by molar-refractivity contribution is 5.77. The zero-order valence-electron chi connectivity index (χ0n) is 15.8. The number of rotatable bonds is 10. The minimum atomic E-state index is -3.03. The number of hydrogen-bond donors (Lipinski definition) is 2. The molecule has 0 spiro atoms. The lowest BCUT2D eigenvalue weighted by molar-refractivity contribution is -0.127. The molecule has 0 aliphatic rings. The van der Waals surface area contributed by atoms with E-state index in [0.717, 1.165) is 11.3 Å². The number of benzene rings is 1. The maximum atomic E-state index is 12.8. The van der Waals surface area contributed by atoms with Crippen LogP contribution in [0.15, 0.2) is 24.3 Å². The number of amides is 2. The first-order chi connectivity index (χ1) is 12.1. The lowest BCUT2D eigenvalue weighted by Crippen LogP contribution is -2.41. The van der Waals surface area contributed by atoms with Crippen molar-refractivity contribution in [1.29, 1.82) is 0 Å². The smallest absolute Gasteiger partial charge is 0.254 e. The van der Waals surface area contributed by atoms with Crippen molar-refractivity contribution in [3.63, 3.8) is 0 Å². The summed E-state index contributed by atoms with van der Waals surface area (Å²) in [7, 11) is 1.59. The third-order valence-electron chi connectivity index (χ3n) is 3.81. The molecule has 2 atom stereocenters. The van der Waals surface area contributed by atoms with Gasteiger partial charge in [-0.2, -0.15) is 0 Å². The summed E-state index contributed by atoms with van der Waals surface area (Å²) in [6.07, 6.45) is 0.492. The molecule has 0 aromatic heterocycles. The van der Waals surface area contributed by atoms with Crippen molar-refractivity contribution in [1.82, 2.24) is 10.6 Å². The fourth-order valence-electron chi connectivity index (χ4n) is 2.76. The van der Waals surface area contributed by atoms with Crippen LogP contribution in [-0.2, 0) is 16.0 Å². The lowest BCUT2D eigenvalue weighted by atomic mass is 10.1. The first kappa shape index (κ1) is 21.9. The number of halogens is 2. The monoisotopic (exact) mass is 370 g/mol. The molecule has 2 amide bonds. The van der Waals surface area contributed by atoms with Crippen molar-refractivity contribution < 1.29 is 23.1 Å². The Hall–Kier alpha value is -2.18. The van der Waals surface area contributed by atoms with Crippen molar-refractivity contribution in [2.75, 3.05) is 7.11 Å². The molecule has 0 radical (unpaired) electrons. The standard InChI is InChI=1S/C19H28F2N2O3/c1-13(11-14(2)23-18(25)12-19(3,20)21)22-17(24)10-9-15-7-5-6-8-16(15)26-4/h5-8,13-14H,9-12H2,1-4H3,(H,22,24)(H,23,25). The van der Waals surface area contributed by atoms with Crippen molar-refractivity contribution >= 4 is 11.8 Å². The Balaban J connectivity index is 2.36. The summed E-state index contributed by atoms with van der Waals surface area (Å²) in [5.74, 6) is -3.08. The van der Waals surface area contributed by atoms with E-state index in [1.54, 1.807) is 14.0 Å². The Morgan fingerprint density at radius 3 is 2.27 bits per heavy atom. The van der Waals surface area contributed by atoms with Crippen LogP contribution in [0.5, 0.6) is 5.75 Å². The molecule has 2 unspecified atom stereocenters. The minimum absolute atomic E-state index is 0.109. The van der Waals surface area contributed by atoms with Gasteiger partial charge in [-0.1, -0.05) is 18.2 Å². The Bertz CT molecular complexity index is 603. The van der Waals surface area contributed by atoms with E-state index in [1.807, 2.05) is 31.2 Å². The summed E-state index contributed by atoms with van der Waals surface area (Å²) >= 11 is 0. The summed E-state index contributed by atoms with van der Waals surface area (Å²) in [5, 5.41) is 5.39. The van der Waals surface area contributed by atoms with Gasteiger partial charge in [0.1, 0.15) is 5.75 Å². The molecule has 1 aromatic carbocycles. The van der Waals surface area contributed by atoms with Gasteiger partial charge in [-0.25, -0.2) is 8.78 Å². The summed E-state index contributed by atoms with van der Waals surface area (Å²) < 4.78 is 30.9. The molecule has 2 N–H and O–H groups in total. The Morgan fingerprint density at radius 1 is 1.12 bits per heavy atom. The zero-order chi connectivity index (χ0) is 19.7. The fraction of sp³-hybridized carbons (Fsp3) is 0.579. The number of hydrogen-bond acceptors (Lipinski definition) is 3. The number of carbonyl (C=O) groups excluding carboxylic acids is 2. The molecule has 0 aliphatic heterocycles. The molecule has 7 heteroatoms. The van der Waals surface area contributed by atoms with Gasteiger partial charge in [-0.05, 0) is 45.2 Å². The molecule has 0 bridgehead atoms. The van der Waals surface area contributed by atoms with Crippen LogP contribution < -0.4 is 15.4 Å². The number of nitrogens with one attached hydrogen (secondary N) is 2. The van der Waals surface area contributed by atoms with Gasteiger partial charge in [0.25, 0.3) is 5.92 Å². The molecule has 5 nitrogen and oxygen atoms in total. The van der Waals surface area contributed by atoms with Crippen LogP contribution in [0, 0.1) is 0 Å². The van der Waals surface area contributed by atoms with Crippen LogP contribution in [-0.4, -0.2) is 36.9 Å².